The van der Waals surface area contributed by atoms with Crippen LogP contribution < -0.4 is 16.0 Å². The van der Waals surface area contributed by atoms with Gasteiger partial charge in [0.15, 0.2) is 5.69 Å². The molecule has 1 amide bonds. The Labute approximate surface area is 111 Å². The maximum atomic E-state index is 12.0. The van der Waals surface area contributed by atoms with E-state index in [0.717, 1.165) is 5.69 Å². The van der Waals surface area contributed by atoms with Crippen molar-refractivity contribution < 1.29 is 4.79 Å². The van der Waals surface area contributed by atoms with Crippen LogP contribution in [0.1, 0.15) is 10.5 Å². The molecule has 1 aromatic heterocycles. The van der Waals surface area contributed by atoms with Crippen LogP contribution in [0.25, 0.3) is 0 Å². The fourth-order valence-electron chi connectivity index (χ4n) is 1.72. The first-order valence-corrected chi connectivity index (χ1v) is 5.85. The molecule has 0 atom stereocenters. The molecular formula is C13H17N5O. The number of nitrogens with two attached hydrogens (primary N) is 1. The van der Waals surface area contributed by atoms with Crippen LogP contribution in [0.4, 0.5) is 17.1 Å². The lowest BCUT2D eigenvalue weighted by molar-refractivity contribution is 0.102. The Morgan fingerprint density at radius 1 is 1.32 bits per heavy atom. The summed E-state index contributed by atoms with van der Waals surface area (Å²) in [6.45, 7) is 0. The molecule has 6 heteroatoms. The van der Waals surface area contributed by atoms with Gasteiger partial charge in [-0.15, -0.1) is 0 Å². The summed E-state index contributed by atoms with van der Waals surface area (Å²) in [5.41, 5.74) is 8.08. The summed E-state index contributed by atoms with van der Waals surface area (Å²) in [4.78, 5) is 14.0. The van der Waals surface area contributed by atoms with Gasteiger partial charge in [0.1, 0.15) is 0 Å². The van der Waals surface area contributed by atoms with E-state index in [1.54, 1.807) is 13.2 Å². The molecule has 0 saturated carbocycles. The molecule has 0 aliphatic heterocycles. The number of amides is 1. The first-order valence-electron chi connectivity index (χ1n) is 5.85. The van der Waals surface area contributed by atoms with E-state index in [1.807, 2.05) is 43.3 Å². The first kappa shape index (κ1) is 12.9. The van der Waals surface area contributed by atoms with Gasteiger partial charge < -0.3 is 16.0 Å². The number of hydrogen-bond donors (Lipinski definition) is 2. The highest BCUT2D eigenvalue weighted by atomic mass is 16.2. The van der Waals surface area contributed by atoms with E-state index in [0.29, 0.717) is 11.4 Å². The molecule has 0 aliphatic rings. The SMILES string of the molecule is CN(C)c1ccc(NC(=O)c2nn(C)cc2N)cc1. The van der Waals surface area contributed by atoms with Gasteiger partial charge in [-0.05, 0) is 24.3 Å². The summed E-state index contributed by atoms with van der Waals surface area (Å²) in [5.74, 6) is -0.310. The van der Waals surface area contributed by atoms with Crippen LogP contribution in [0.5, 0.6) is 0 Å². The maximum Gasteiger partial charge on any atom is 0.278 e. The summed E-state index contributed by atoms with van der Waals surface area (Å²) in [6.07, 6.45) is 1.60. The van der Waals surface area contributed by atoms with E-state index in [4.69, 9.17) is 5.73 Å². The number of rotatable bonds is 3. The van der Waals surface area contributed by atoms with Gasteiger partial charge in [-0.2, -0.15) is 5.10 Å². The number of anilines is 3. The average molecular weight is 259 g/mol. The highest BCUT2D eigenvalue weighted by Crippen LogP contribution is 2.17. The summed E-state index contributed by atoms with van der Waals surface area (Å²) in [6, 6.07) is 7.54. The molecule has 0 bridgehead atoms. The van der Waals surface area contributed by atoms with Crippen molar-refractivity contribution in [2.24, 2.45) is 7.05 Å². The van der Waals surface area contributed by atoms with Crippen LogP contribution >= 0.6 is 0 Å². The smallest absolute Gasteiger partial charge is 0.278 e. The monoisotopic (exact) mass is 259 g/mol. The lowest BCUT2D eigenvalue weighted by Crippen LogP contribution is -2.15. The number of hydrogen-bond acceptors (Lipinski definition) is 4. The summed E-state index contributed by atoms with van der Waals surface area (Å²) in [5, 5.41) is 6.79. The fourth-order valence-corrected chi connectivity index (χ4v) is 1.72. The van der Waals surface area contributed by atoms with Crippen LogP contribution in [0.15, 0.2) is 30.5 Å². The molecule has 0 unspecified atom stereocenters. The zero-order valence-corrected chi connectivity index (χ0v) is 11.2. The molecule has 19 heavy (non-hydrogen) atoms. The van der Waals surface area contributed by atoms with Crippen molar-refractivity contribution in [2.75, 3.05) is 30.0 Å². The van der Waals surface area contributed by atoms with Gasteiger partial charge in [0.25, 0.3) is 5.91 Å². The average Bonchev–Trinajstić information content (AvgIpc) is 2.69. The zero-order chi connectivity index (χ0) is 14.0. The second-order valence-electron chi connectivity index (χ2n) is 4.50. The van der Waals surface area contributed by atoms with Gasteiger partial charge in [-0.1, -0.05) is 0 Å². The molecule has 2 rings (SSSR count). The normalized spacial score (nSPS) is 10.3. The van der Waals surface area contributed by atoms with Crippen molar-refractivity contribution in [3.8, 4) is 0 Å². The predicted molar refractivity (Wildman–Crippen MR) is 76.3 cm³/mol. The van der Waals surface area contributed by atoms with Gasteiger partial charge in [-0.25, -0.2) is 0 Å². The van der Waals surface area contributed by atoms with Gasteiger partial charge >= 0.3 is 0 Å². The van der Waals surface area contributed by atoms with E-state index in [2.05, 4.69) is 10.4 Å². The topological polar surface area (TPSA) is 76.2 Å². The van der Waals surface area contributed by atoms with Gasteiger partial charge in [0.05, 0.1) is 5.69 Å². The lowest BCUT2D eigenvalue weighted by Gasteiger charge is -2.12. The number of aromatic nitrogens is 2. The highest BCUT2D eigenvalue weighted by molar-refractivity contribution is 6.06. The first-order chi connectivity index (χ1) is 8.97. The van der Waals surface area contributed by atoms with E-state index < -0.39 is 0 Å². The Morgan fingerprint density at radius 3 is 2.42 bits per heavy atom. The van der Waals surface area contributed by atoms with Crippen molar-refractivity contribution in [2.45, 2.75) is 0 Å². The molecule has 0 saturated heterocycles. The summed E-state index contributed by atoms with van der Waals surface area (Å²) >= 11 is 0. The van der Waals surface area contributed by atoms with E-state index in [9.17, 15) is 4.79 Å². The number of benzene rings is 1. The second kappa shape index (κ2) is 5.01. The molecule has 2 aromatic rings. The minimum absolute atomic E-state index is 0.235. The third kappa shape index (κ3) is 2.85. The van der Waals surface area contributed by atoms with E-state index in [-0.39, 0.29) is 11.6 Å². The van der Waals surface area contributed by atoms with Crippen LogP contribution in [0.3, 0.4) is 0 Å². The number of nitrogen functional groups attached to an aromatic ring is 1. The lowest BCUT2D eigenvalue weighted by atomic mass is 10.2. The Morgan fingerprint density at radius 2 is 1.95 bits per heavy atom. The number of aryl methyl sites for hydroxylation is 1. The third-order valence-corrected chi connectivity index (χ3v) is 2.71. The zero-order valence-electron chi connectivity index (χ0n) is 11.2. The van der Waals surface area contributed by atoms with Crippen molar-refractivity contribution in [3.05, 3.63) is 36.2 Å². The minimum atomic E-state index is -0.310. The predicted octanol–water partition coefficient (Wildman–Crippen LogP) is 1.32. The molecule has 3 N–H and O–H groups in total. The number of carbonyl (C=O) groups is 1. The molecule has 0 fully saturated rings. The minimum Gasteiger partial charge on any atom is -0.396 e. The van der Waals surface area contributed by atoms with Gasteiger partial charge in [0.2, 0.25) is 0 Å². The van der Waals surface area contributed by atoms with Gasteiger partial charge in [-0.3, -0.25) is 9.48 Å². The molecule has 0 spiro atoms. The van der Waals surface area contributed by atoms with Crippen LogP contribution in [0.2, 0.25) is 0 Å². The van der Waals surface area contributed by atoms with Crippen LogP contribution in [-0.4, -0.2) is 29.8 Å². The molecule has 0 aliphatic carbocycles. The largest absolute Gasteiger partial charge is 0.396 e. The molecule has 1 aromatic carbocycles. The van der Waals surface area contributed by atoms with E-state index in [1.165, 1.54) is 4.68 Å². The number of carbonyl (C=O) groups excluding carboxylic acids is 1. The molecule has 0 radical (unpaired) electrons. The standard InChI is InChI=1S/C13H17N5O/c1-17(2)10-6-4-9(5-7-10)15-13(19)12-11(14)8-18(3)16-12/h4-8H,14H2,1-3H3,(H,15,19). The Balaban J connectivity index is 2.13. The van der Waals surface area contributed by atoms with Crippen molar-refractivity contribution in [1.82, 2.24) is 9.78 Å². The highest BCUT2D eigenvalue weighted by Gasteiger charge is 2.14. The Bertz CT molecular complexity index is 586. The summed E-state index contributed by atoms with van der Waals surface area (Å²) < 4.78 is 1.51. The van der Waals surface area contributed by atoms with Gasteiger partial charge in [0, 0.05) is 38.7 Å². The maximum absolute atomic E-state index is 12.0. The fraction of sp³-hybridized carbons (Fsp3) is 0.231. The summed E-state index contributed by atoms with van der Waals surface area (Å²) in [7, 11) is 5.64. The van der Waals surface area contributed by atoms with Crippen molar-refractivity contribution in [1.29, 1.82) is 0 Å². The number of nitrogens with zero attached hydrogens (tertiary/aromatic N) is 3. The third-order valence-electron chi connectivity index (χ3n) is 2.71. The van der Waals surface area contributed by atoms with Crippen LogP contribution in [0, 0.1) is 0 Å². The molecule has 6 nitrogen and oxygen atoms in total. The molecule has 100 valence electrons. The van der Waals surface area contributed by atoms with Crippen molar-refractivity contribution in [3.63, 3.8) is 0 Å². The second-order valence-corrected chi connectivity index (χ2v) is 4.50. The van der Waals surface area contributed by atoms with Crippen molar-refractivity contribution >= 4 is 23.0 Å². The Kier molecular flexibility index (Phi) is 3.41. The Hall–Kier alpha value is -2.50. The molecular weight excluding hydrogens is 242 g/mol. The number of nitrogens with one attached hydrogen (secondary N) is 1. The quantitative estimate of drug-likeness (QED) is 0.871. The molecule has 1 heterocycles. The van der Waals surface area contributed by atoms with Crippen LogP contribution in [-0.2, 0) is 7.05 Å². The van der Waals surface area contributed by atoms with E-state index >= 15 is 0 Å².